The number of halogens is 2. The summed E-state index contributed by atoms with van der Waals surface area (Å²) in [5, 5.41) is 4.02. The Morgan fingerprint density at radius 1 is 1.37 bits per heavy atom. The van der Waals surface area contributed by atoms with Crippen LogP contribution in [-0.2, 0) is 0 Å². The summed E-state index contributed by atoms with van der Waals surface area (Å²) in [7, 11) is 0. The highest BCUT2D eigenvalue weighted by Gasteiger charge is 2.29. The molecule has 3 rings (SSSR count). The molecule has 3 nitrogen and oxygen atoms in total. The third-order valence-electron chi connectivity index (χ3n) is 3.66. The SMILES string of the molecule is CC(NC(=O)c1c[nH]c2cc(Br)c(Br)cc12)C1CC1. The van der Waals surface area contributed by atoms with E-state index in [9.17, 15) is 4.79 Å². The minimum absolute atomic E-state index is 0.000118. The van der Waals surface area contributed by atoms with Gasteiger partial charge in [0.15, 0.2) is 0 Å². The van der Waals surface area contributed by atoms with Crippen LogP contribution < -0.4 is 5.32 Å². The molecule has 1 heterocycles. The Morgan fingerprint density at radius 2 is 2.05 bits per heavy atom. The summed E-state index contributed by atoms with van der Waals surface area (Å²) < 4.78 is 1.92. The number of benzene rings is 1. The molecule has 2 N–H and O–H groups in total. The zero-order valence-electron chi connectivity index (χ0n) is 10.5. The third-order valence-corrected chi connectivity index (χ3v) is 5.50. The van der Waals surface area contributed by atoms with Crippen molar-refractivity contribution in [3.05, 3.63) is 32.8 Å². The van der Waals surface area contributed by atoms with E-state index in [4.69, 9.17) is 0 Å². The van der Waals surface area contributed by atoms with Crippen molar-refractivity contribution >= 4 is 48.7 Å². The second-order valence-corrected chi connectivity index (χ2v) is 6.82. The number of aromatic nitrogens is 1. The van der Waals surface area contributed by atoms with Crippen molar-refractivity contribution < 1.29 is 4.79 Å². The monoisotopic (exact) mass is 384 g/mol. The predicted molar refractivity (Wildman–Crippen MR) is 83.4 cm³/mol. The molecule has 19 heavy (non-hydrogen) atoms. The van der Waals surface area contributed by atoms with E-state index in [1.165, 1.54) is 12.8 Å². The van der Waals surface area contributed by atoms with Gasteiger partial charge in [-0.1, -0.05) is 0 Å². The predicted octanol–water partition coefficient (Wildman–Crippen LogP) is 4.22. The number of rotatable bonds is 3. The molecule has 1 aromatic carbocycles. The summed E-state index contributed by atoms with van der Waals surface area (Å²) in [5.74, 6) is 0.662. The van der Waals surface area contributed by atoms with Crippen LogP contribution in [0.3, 0.4) is 0 Å². The molecule has 0 bridgehead atoms. The van der Waals surface area contributed by atoms with Crippen molar-refractivity contribution in [1.82, 2.24) is 10.3 Å². The highest BCUT2D eigenvalue weighted by molar-refractivity contribution is 9.13. The number of carbonyl (C=O) groups is 1. The zero-order valence-corrected chi connectivity index (χ0v) is 13.6. The summed E-state index contributed by atoms with van der Waals surface area (Å²) >= 11 is 6.94. The van der Waals surface area contributed by atoms with Gasteiger partial charge in [0.1, 0.15) is 0 Å². The number of carbonyl (C=O) groups excluding carboxylic acids is 1. The lowest BCUT2D eigenvalue weighted by atomic mass is 10.1. The lowest BCUT2D eigenvalue weighted by Gasteiger charge is -2.12. The van der Waals surface area contributed by atoms with Crippen LogP contribution in [0.1, 0.15) is 30.1 Å². The molecule has 0 radical (unpaired) electrons. The fourth-order valence-electron chi connectivity index (χ4n) is 2.30. The van der Waals surface area contributed by atoms with Crippen LogP contribution in [0.5, 0.6) is 0 Å². The normalized spacial score (nSPS) is 16.6. The van der Waals surface area contributed by atoms with E-state index < -0.39 is 0 Å². The van der Waals surface area contributed by atoms with Gasteiger partial charge >= 0.3 is 0 Å². The molecule has 0 aliphatic heterocycles. The fourth-order valence-corrected chi connectivity index (χ4v) is 2.99. The van der Waals surface area contributed by atoms with Crippen LogP contribution in [0.25, 0.3) is 10.9 Å². The molecule has 100 valence electrons. The fraction of sp³-hybridized carbons (Fsp3) is 0.357. The van der Waals surface area contributed by atoms with Crippen LogP contribution in [0, 0.1) is 5.92 Å². The number of amides is 1. The summed E-state index contributed by atoms with van der Waals surface area (Å²) in [6.45, 7) is 2.08. The lowest BCUT2D eigenvalue weighted by molar-refractivity contribution is 0.0937. The van der Waals surface area contributed by atoms with Crippen molar-refractivity contribution in [2.75, 3.05) is 0 Å². The maximum absolute atomic E-state index is 12.3. The van der Waals surface area contributed by atoms with Crippen LogP contribution >= 0.6 is 31.9 Å². The first kappa shape index (κ1) is 13.2. The molecular weight excluding hydrogens is 372 g/mol. The highest BCUT2D eigenvalue weighted by Crippen LogP contribution is 2.33. The van der Waals surface area contributed by atoms with Gasteiger partial charge in [-0.3, -0.25) is 4.79 Å². The minimum Gasteiger partial charge on any atom is -0.360 e. The Morgan fingerprint density at radius 3 is 2.74 bits per heavy atom. The average Bonchev–Trinajstić information content (AvgIpc) is 3.13. The van der Waals surface area contributed by atoms with Crippen LogP contribution in [-0.4, -0.2) is 16.9 Å². The number of hydrogen-bond acceptors (Lipinski definition) is 1. The van der Waals surface area contributed by atoms with Gasteiger partial charge in [0.05, 0.1) is 5.56 Å². The summed E-state index contributed by atoms with van der Waals surface area (Å²) in [6, 6.07) is 4.20. The van der Waals surface area contributed by atoms with Gasteiger partial charge in [0.2, 0.25) is 0 Å². The van der Waals surface area contributed by atoms with Gasteiger partial charge in [-0.25, -0.2) is 0 Å². The van der Waals surface area contributed by atoms with Crippen LogP contribution in [0.2, 0.25) is 0 Å². The van der Waals surface area contributed by atoms with E-state index in [0.29, 0.717) is 11.5 Å². The number of nitrogens with one attached hydrogen (secondary N) is 2. The number of H-pyrrole nitrogens is 1. The highest BCUT2D eigenvalue weighted by atomic mass is 79.9. The maximum Gasteiger partial charge on any atom is 0.253 e. The van der Waals surface area contributed by atoms with Gasteiger partial charge in [0.25, 0.3) is 5.91 Å². The molecule has 1 saturated carbocycles. The number of aromatic amines is 1. The smallest absolute Gasteiger partial charge is 0.253 e. The first-order chi connectivity index (χ1) is 9.06. The second kappa shape index (κ2) is 4.94. The average molecular weight is 386 g/mol. The molecule has 1 atom stereocenters. The van der Waals surface area contributed by atoms with Crippen LogP contribution in [0.15, 0.2) is 27.3 Å². The quantitative estimate of drug-likeness (QED) is 0.816. The second-order valence-electron chi connectivity index (χ2n) is 5.11. The van der Waals surface area contributed by atoms with Gasteiger partial charge < -0.3 is 10.3 Å². The molecule has 1 aromatic heterocycles. The molecule has 2 aromatic rings. The molecule has 1 aliphatic rings. The first-order valence-electron chi connectivity index (χ1n) is 6.33. The maximum atomic E-state index is 12.3. The van der Waals surface area contributed by atoms with E-state index >= 15 is 0 Å². The van der Waals surface area contributed by atoms with Crippen LogP contribution in [0.4, 0.5) is 0 Å². The molecule has 1 unspecified atom stereocenters. The Kier molecular flexibility index (Phi) is 3.43. The topological polar surface area (TPSA) is 44.9 Å². The molecule has 5 heteroatoms. The Bertz CT molecular complexity index is 646. The molecule has 0 spiro atoms. The van der Waals surface area contributed by atoms with Gasteiger partial charge in [-0.15, -0.1) is 0 Å². The standard InChI is InChI=1S/C14H14Br2N2O/c1-7(8-2-3-8)18-14(19)10-6-17-13-5-12(16)11(15)4-9(10)13/h4-8,17H,2-3H2,1H3,(H,18,19). The minimum atomic E-state index is -0.000118. The van der Waals surface area contributed by atoms with E-state index in [-0.39, 0.29) is 11.9 Å². The van der Waals surface area contributed by atoms with E-state index in [0.717, 1.165) is 19.8 Å². The number of hydrogen-bond donors (Lipinski definition) is 2. The van der Waals surface area contributed by atoms with Crippen molar-refractivity contribution in [1.29, 1.82) is 0 Å². The Labute approximate surface area is 128 Å². The van der Waals surface area contributed by atoms with Gasteiger partial charge in [-0.05, 0) is 69.7 Å². The molecule has 1 amide bonds. The summed E-state index contributed by atoms with van der Waals surface area (Å²) in [5.41, 5.74) is 1.66. The summed E-state index contributed by atoms with van der Waals surface area (Å²) in [6.07, 6.45) is 4.24. The molecular formula is C14H14Br2N2O. The van der Waals surface area contributed by atoms with Crippen molar-refractivity contribution in [2.24, 2.45) is 5.92 Å². The van der Waals surface area contributed by atoms with Gasteiger partial charge in [0, 0.05) is 32.1 Å². The molecule has 0 saturated heterocycles. The van der Waals surface area contributed by atoms with Gasteiger partial charge in [-0.2, -0.15) is 0 Å². The largest absolute Gasteiger partial charge is 0.360 e. The van der Waals surface area contributed by atoms with Crippen molar-refractivity contribution in [3.8, 4) is 0 Å². The molecule has 1 aliphatic carbocycles. The number of fused-ring (bicyclic) bond motifs is 1. The Balaban J connectivity index is 1.91. The lowest BCUT2D eigenvalue weighted by Crippen LogP contribution is -2.33. The van der Waals surface area contributed by atoms with E-state index in [1.807, 2.05) is 12.1 Å². The van der Waals surface area contributed by atoms with E-state index in [1.54, 1.807) is 6.20 Å². The first-order valence-corrected chi connectivity index (χ1v) is 7.92. The summed E-state index contributed by atoms with van der Waals surface area (Å²) in [4.78, 5) is 15.4. The Hall–Kier alpha value is -0.810. The zero-order chi connectivity index (χ0) is 13.6. The van der Waals surface area contributed by atoms with Crippen molar-refractivity contribution in [2.45, 2.75) is 25.8 Å². The molecule has 1 fully saturated rings. The third kappa shape index (κ3) is 2.58. The van der Waals surface area contributed by atoms with Crippen molar-refractivity contribution in [3.63, 3.8) is 0 Å². The van der Waals surface area contributed by atoms with E-state index in [2.05, 4.69) is 49.1 Å².